The van der Waals surface area contributed by atoms with Crippen LogP contribution < -0.4 is 10.3 Å². The first kappa shape index (κ1) is 17.5. The highest BCUT2D eigenvalue weighted by molar-refractivity contribution is 5.76. The zero-order chi connectivity index (χ0) is 17.4. The minimum Gasteiger partial charge on any atom is -0.497 e. The molecule has 0 saturated carbocycles. The highest BCUT2D eigenvalue weighted by Crippen LogP contribution is 2.25. The van der Waals surface area contributed by atoms with E-state index in [9.17, 15) is 4.79 Å². The number of hydrogen-bond donors (Lipinski definition) is 0. The number of aromatic nitrogens is 2. The molecule has 1 heterocycles. The van der Waals surface area contributed by atoms with Gasteiger partial charge in [0.2, 0.25) is 0 Å². The fourth-order valence-electron chi connectivity index (χ4n) is 2.50. The normalized spacial score (nSPS) is 12.7. The Balaban J connectivity index is 2.71. The molecule has 0 bridgehead atoms. The van der Waals surface area contributed by atoms with Crippen molar-refractivity contribution in [1.82, 2.24) is 9.55 Å². The summed E-state index contributed by atoms with van der Waals surface area (Å²) in [6.07, 6.45) is 0.923. The zero-order valence-corrected chi connectivity index (χ0v) is 15.4. The van der Waals surface area contributed by atoms with Gasteiger partial charge in [0, 0.05) is 18.0 Å². The molecule has 0 amide bonds. The lowest BCUT2D eigenvalue weighted by Gasteiger charge is -2.23. The van der Waals surface area contributed by atoms with Crippen molar-refractivity contribution in [2.75, 3.05) is 7.11 Å². The van der Waals surface area contributed by atoms with E-state index in [1.807, 2.05) is 43.5 Å². The Kier molecular flexibility index (Phi) is 4.56. The predicted octanol–water partition coefficient (Wildman–Crippen LogP) is 4.14. The molecule has 0 atom stereocenters. The third kappa shape index (κ3) is 3.92. The second kappa shape index (κ2) is 5.99. The van der Waals surface area contributed by atoms with E-state index in [4.69, 9.17) is 4.74 Å². The van der Waals surface area contributed by atoms with Crippen LogP contribution in [0, 0.1) is 5.41 Å². The number of hydrogen-bond acceptors (Lipinski definition) is 3. The Morgan fingerprint density at radius 3 is 2.30 bits per heavy atom. The number of ether oxygens (including phenoxy) is 1. The smallest absolute Gasteiger partial charge is 0.273 e. The van der Waals surface area contributed by atoms with Crippen LogP contribution in [0.5, 0.6) is 5.75 Å². The van der Waals surface area contributed by atoms with Crippen molar-refractivity contribution >= 4 is 11.0 Å². The van der Waals surface area contributed by atoms with Crippen LogP contribution >= 0.6 is 0 Å². The molecule has 126 valence electrons. The molecule has 4 nitrogen and oxygen atoms in total. The van der Waals surface area contributed by atoms with Gasteiger partial charge in [0.1, 0.15) is 11.4 Å². The highest BCUT2D eigenvalue weighted by atomic mass is 16.5. The molecule has 0 aliphatic rings. The van der Waals surface area contributed by atoms with Crippen LogP contribution in [0.15, 0.2) is 23.0 Å². The first-order valence-electron chi connectivity index (χ1n) is 8.12. The van der Waals surface area contributed by atoms with Gasteiger partial charge in [-0.3, -0.25) is 4.79 Å². The van der Waals surface area contributed by atoms with E-state index in [1.165, 1.54) is 0 Å². The fraction of sp³-hybridized carbons (Fsp3) is 0.579. The summed E-state index contributed by atoms with van der Waals surface area (Å²) in [6.45, 7) is 13.3. The molecule has 0 spiro atoms. The largest absolute Gasteiger partial charge is 0.497 e. The van der Waals surface area contributed by atoms with Gasteiger partial charge in [-0.15, -0.1) is 0 Å². The van der Waals surface area contributed by atoms with Crippen LogP contribution in [0.1, 0.15) is 53.7 Å². The molecule has 2 rings (SSSR count). The predicted molar refractivity (Wildman–Crippen MR) is 95.3 cm³/mol. The Hall–Kier alpha value is -1.84. The van der Waals surface area contributed by atoms with E-state index in [0.717, 1.165) is 23.2 Å². The molecule has 4 heteroatoms. The average Bonchev–Trinajstić information content (AvgIpc) is 2.42. The van der Waals surface area contributed by atoms with Crippen molar-refractivity contribution in [3.8, 4) is 5.75 Å². The SMILES string of the molecule is COc1ccc2nc(C(C)(C)C)c(=O)n(CCC(C)(C)C)c2c1. The summed E-state index contributed by atoms with van der Waals surface area (Å²) in [4.78, 5) is 17.6. The molecule has 0 aliphatic heterocycles. The summed E-state index contributed by atoms with van der Waals surface area (Å²) in [6, 6.07) is 5.72. The van der Waals surface area contributed by atoms with Crippen LogP contribution in [0.2, 0.25) is 0 Å². The van der Waals surface area contributed by atoms with E-state index in [-0.39, 0.29) is 16.4 Å². The van der Waals surface area contributed by atoms with Crippen LogP contribution in [-0.2, 0) is 12.0 Å². The van der Waals surface area contributed by atoms with Gasteiger partial charge < -0.3 is 9.30 Å². The minimum absolute atomic E-state index is 0.00232. The molecule has 23 heavy (non-hydrogen) atoms. The Morgan fingerprint density at radius 2 is 1.78 bits per heavy atom. The van der Waals surface area contributed by atoms with E-state index >= 15 is 0 Å². The summed E-state index contributed by atoms with van der Waals surface area (Å²) in [5.41, 5.74) is 2.17. The lowest BCUT2D eigenvalue weighted by atomic mass is 9.91. The number of methoxy groups -OCH3 is 1. The highest BCUT2D eigenvalue weighted by Gasteiger charge is 2.23. The van der Waals surface area contributed by atoms with Crippen molar-refractivity contribution in [2.24, 2.45) is 5.41 Å². The summed E-state index contributed by atoms with van der Waals surface area (Å²) < 4.78 is 7.17. The maximum atomic E-state index is 13.0. The van der Waals surface area contributed by atoms with Crippen LogP contribution in [0.3, 0.4) is 0 Å². The molecule has 1 aromatic heterocycles. The van der Waals surface area contributed by atoms with E-state index in [1.54, 1.807) is 7.11 Å². The van der Waals surface area contributed by atoms with Crippen molar-refractivity contribution in [3.63, 3.8) is 0 Å². The summed E-state index contributed by atoms with van der Waals surface area (Å²) >= 11 is 0. The van der Waals surface area contributed by atoms with Gasteiger partial charge in [0.25, 0.3) is 5.56 Å². The number of fused-ring (bicyclic) bond motifs is 1. The van der Waals surface area contributed by atoms with Crippen molar-refractivity contribution < 1.29 is 4.74 Å². The molecule has 0 radical (unpaired) electrons. The van der Waals surface area contributed by atoms with E-state index in [2.05, 4.69) is 25.8 Å². The quantitative estimate of drug-likeness (QED) is 0.855. The lowest BCUT2D eigenvalue weighted by Crippen LogP contribution is -2.33. The van der Waals surface area contributed by atoms with Crippen LogP contribution in [0.25, 0.3) is 11.0 Å². The van der Waals surface area contributed by atoms with Gasteiger partial charge in [-0.25, -0.2) is 4.98 Å². The molecule has 0 unspecified atom stereocenters. The monoisotopic (exact) mass is 316 g/mol. The second-order valence-electron chi connectivity index (χ2n) is 8.33. The number of benzene rings is 1. The fourth-order valence-corrected chi connectivity index (χ4v) is 2.50. The summed E-state index contributed by atoms with van der Waals surface area (Å²) in [7, 11) is 1.63. The first-order valence-corrected chi connectivity index (χ1v) is 8.12. The Morgan fingerprint density at radius 1 is 1.13 bits per heavy atom. The number of nitrogens with zero attached hydrogens (tertiary/aromatic N) is 2. The van der Waals surface area contributed by atoms with Gasteiger partial charge in [-0.05, 0) is 24.0 Å². The lowest BCUT2D eigenvalue weighted by molar-refractivity contribution is 0.349. The first-order chi connectivity index (χ1) is 10.5. The average molecular weight is 316 g/mol. The zero-order valence-electron chi connectivity index (χ0n) is 15.4. The Labute approximate surface area is 138 Å². The van der Waals surface area contributed by atoms with Gasteiger partial charge >= 0.3 is 0 Å². The van der Waals surface area contributed by atoms with Gasteiger partial charge in [0.15, 0.2) is 0 Å². The molecule has 0 N–H and O–H groups in total. The standard InChI is InChI=1S/C19H28N2O2/c1-18(2,3)10-11-21-15-12-13(23-7)8-9-14(15)20-16(17(21)22)19(4,5)6/h8-9,12H,10-11H2,1-7H3. The Bertz CT molecular complexity index is 762. The molecule has 0 aliphatic carbocycles. The number of rotatable bonds is 3. The molecule has 0 saturated heterocycles. The number of aryl methyl sites for hydroxylation is 1. The van der Waals surface area contributed by atoms with Crippen molar-refractivity contribution in [2.45, 2.75) is 59.9 Å². The van der Waals surface area contributed by atoms with Crippen LogP contribution in [-0.4, -0.2) is 16.7 Å². The van der Waals surface area contributed by atoms with Gasteiger partial charge in [-0.2, -0.15) is 0 Å². The molecular formula is C19H28N2O2. The topological polar surface area (TPSA) is 44.1 Å². The molecule has 1 aromatic carbocycles. The van der Waals surface area contributed by atoms with Crippen LogP contribution in [0.4, 0.5) is 0 Å². The minimum atomic E-state index is -0.283. The van der Waals surface area contributed by atoms with Gasteiger partial charge in [0.05, 0.1) is 18.1 Å². The third-order valence-corrected chi connectivity index (χ3v) is 3.95. The maximum Gasteiger partial charge on any atom is 0.273 e. The molecule has 2 aromatic rings. The second-order valence-corrected chi connectivity index (χ2v) is 8.33. The summed E-state index contributed by atoms with van der Waals surface area (Å²) in [5.74, 6) is 0.742. The van der Waals surface area contributed by atoms with E-state index < -0.39 is 0 Å². The van der Waals surface area contributed by atoms with Gasteiger partial charge in [-0.1, -0.05) is 41.5 Å². The van der Waals surface area contributed by atoms with Crippen molar-refractivity contribution in [1.29, 1.82) is 0 Å². The van der Waals surface area contributed by atoms with E-state index in [0.29, 0.717) is 12.2 Å². The molecule has 0 fully saturated rings. The summed E-state index contributed by atoms with van der Waals surface area (Å²) in [5, 5.41) is 0. The third-order valence-electron chi connectivity index (χ3n) is 3.95. The van der Waals surface area contributed by atoms with Crippen molar-refractivity contribution in [3.05, 3.63) is 34.2 Å². The molecular weight excluding hydrogens is 288 g/mol. The maximum absolute atomic E-state index is 13.0.